The summed E-state index contributed by atoms with van der Waals surface area (Å²) in [6.45, 7) is 0. The average molecular weight is 222 g/mol. The van der Waals surface area contributed by atoms with Crippen LogP contribution in [0.3, 0.4) is 0 Å². The van der Waals surface area contributed by atoms with E-state index >= 15 is 0 Å². The molecule has 82 valence electrons. The molecule has 15 heavy (non-hydrogen) atoms. The smallest absolute Gasteiger partial charge is 0.0666 e. The van der Waals surface area contributed by atoms with Gasteiger partial charge in [-0.05, 0) is 36.5 Å². The van der Waals surface area contributed by atoms with Gasteiger partial charge in [0.05, 0.1) is 6.10 Å². The van der Waals surface area contributed by atoms with Gasteiger partial charge in [-0.15, -0.1) is 0 Å². The van der Waals surface area contributed by atoms with Crippen molar-refractivity contribution in [3.63, 3.8) is 0 Å². The van der Waals surface area contributed by atoms with Crippen molar-refractivity contribution < 1.29 is 5.11 Å². The highest BCUT2D eigenvalue weighted by Gasteiger charge is 2.24. The molecule has 1 N–H and O–H groups in total. The summed E-state index contributed by atoms with van der Waals surface area (Å²) in [4.78, 5) is 0. The molecule has 1 aliphatic rings. The lowest BCUT2D eigenvalue weighted by molar-refractivity contribution is 0.143. The third kappa shape index (κ3) is 3.25. The minimum atomic E-state index is -0.0502. The van der Waals surface area contributed by atoms with E-state index in [0.29, 0.717) is 5.92 Å². The van der Waals surface area contributed by atoms with E-state index in [1.165, 1.54) is 18.4 Å². The molecule has 1 aromatic rings. The molecule has 1 saturated heterocycles. The molecule has 1 fully saturated rings. The van der Waals surface area contributed by atoms with Crippen LogP contribution in [-0.4, -0.2) is 22.7 Å². The molecule has 0 saturated carbocycles. The van der Waals surface area contributed by atoms with E-state index in [4.69, 9.17) is 0 Å². The van der Waals surface area contributed by atoms with Crippen molar-refractivity contribution in [3.05, 3.63) is 35.9 Å². The second-order valence-electron chi connectivity index (χ2n) is 4.24. The van der Waals surface area contributed by atoms with Crippen LogP contribution in [0.5, 0.6) is 0 Å². The van der Waals surface area contributed by atoms with Crippen LogP contribution in [0, 0.1) is 5.92 Å². The second-order valence-corrected chi connectivity index (χ2v) is 5.32. The molecular formula is C13H18OS. The molecule has 0 spiro atoms. The molecule has 0 amide bonds. The van der Waals surface area contributed by atoms with E-state index in [9.17, 15) is 5.11 Å². The summed E-state index contributed by atoms with van der Waals surface area (Å²) in [5.41, 5.74) is 1.41. The minimum absolute atomic E-state index is 0.0502. The zero-order valence-corrected chi connectivity index (χ0v) is 9.75. The molecule has 2 heteroatoms. The van der Waals surface area contributed by atoms with Gasteiger partial charge in [-0.3, -0.25) is 0 Å². The van der Waals surface area contributed by atoms with Crippen molar-refractivity contribution in [2.45, 2.75) is 25.4 Å². The van der Waals surface area contributed by atoms with Gasteiger partial charge in [0, 0.05) is 5.75 Å². The van der Waals surface area contributed by atoms with E-state index in [1.54, 1.807) is 0 Å². The Kier molecular flexibility index (Phi) is 4.09. The number of aryl methyl sites for hydroxylation is 1. The Morgan fingerprint density at radius 2 is 2.00 bits per heavy atom. The van der Waals surface area contributed by atoms with Gasteiger partial charge in [-0.2, -0.15) is 11.8 Å². The van der Waals surface area contributed by atoms with E-state index in [1.807, 2.05) is 11.8 Å². The monoisotopic (exact) mass is 222 g/mol. The maximum absolute atomic E-state index is 9.67. The number of hydrogen-bond donors (Lipinski definition) is 1. The van der Waals surface area contributed by atoms with Crippen LogP contribution in [0.1, 0.15) is 18.4 Å². The Labute approximate surface area is 95.9 Å². The quantitative estimate of drug-likeness (QED) is 0.845. The fourth-order valence-corrected chi connectivity index (χ4v) is 3.42. The molecule has 0 aromatic heterocycles. The fourth-order valence-electron chi connectivity index (χ4n) is 2.08. The third-order valence-electron chi connectivity index (χ3n) is 3.05. The van der Waals surface area contributed by atoms with Gasteiger partial charge in [-0.1, -0.05) is 30.3 Å². The van der Waals surface area contributed by atoms with Crippen LogP contribution >= 0.6 is 11.8 Å². The molecule has 1 nitrogen and oxygen atoms in total. The molecule has 1 aliphatic heterocycles. The summed E-state index contributed by atoms with van der Waals surface area (Å²) in [5, 5.41) is 9.67. The van der Waals surface area contributed by atoms with Gasteiger partial charge in [0.15, 0.2) is 0 Å². The van der Waals surface area contributed by atoms with Gasteiger partial charge < -0.3 is 5.11 Å². The summed E-state index contributed by atoms with van der Waals surface area (Å²) >= 11 is 1.89. The highest BCUT2D eigenvalue weighted by molar-refractivity contribution is 7.99. The first-order chi connectivity index (χ1) is 7.36. The summed E-state index contributed by atoms with van der Waals surface area (Å²) < 4.78 is 0. The molecule has 2 atom stereocenters. The SMILES string of the molecule is OC1CSCC1CCCc1ccccc1. The average Bonchev–Trinajstić information content (AvgIpc) is 2.66. The Balaban J connectivity index is 1.71. The largest absolute Gasteiger partial charge is 0.392 e. The number of benzene rings is 1. The lowest BCUT2D eigenvalue weighted by Crippen LogP contribution is -2.17. The van der Waals surface area contributed by atoms with Crippen LogP contribution in [0.4, 0.5) is 0 Å². The Morgan fingerprint density at radius 3 is 2.67 bits per heavy atom. The van der Waals surface area contributed by atoms with Crippen molar-refractivity contribution in [3.8, 4) is 0 Å². The topological polar surface area (TPSA) is 20.2 Å². The fraction of sp³-hybridized carbons (Fsp3) is 0.538. The van der Waals surface area contributed by atoms with E-state index in [2.05, 4.69) is 30.3 Å². The standard InChI is InChI=1S/C13H18OS/c14-13-10-15-9-12(13)8-4-7-11-5-2-1-3-6-11/h1-3,5-6,12-14H,4,7-10H2. The van der Waals surface area contributed by atoms with E-state index < -0.39 is 0 Å². The van der Waals surface area contributed by atoms with Gasteiger partial charge in [-0.25, -0.2) is 0 Å². The van der Waals surface area contributed by atoms with Crippen molar-refractivity contribution in [2.24, 2.45) is 5.92 Å². The number of thioether (sulfide) groups is 1. The number of hydrogen-bond acceptors (Lipinski definition) is 2. The number of aliphatic hydroxyl groups is 1. The molecule has 2 rings (SSSR count). The van der Waals surface area contributed by atoms with Crippen LogP contribution < -0.4 is 0 Å². The zero-order chi connectivity index (χ0) is 10.5. The van der Waals surface area contributed by atoms with E-state index in [-0.39, 0.29) is 6.10 Å². The maximum Gasteiger partial charge on any atom is 0.0666 e. The summed E-state index contributed by atoms with van der Waals surface area (Å²) in [6.07, 6.45) is 3.47. The third-order valence-corrected chi connectivity index (χ3v) is 4.29. The van der Waals surface area contributed by atoms with Crippen molar-refractivity contribution in [1.82, 2.24) is 0 Å². The van der Waals surface area contributed by atoms with Gasteiger partial charge in [0.25, 0.3) is 0 Å². The zero-order valence-electron chi connectivity index (χ0n) is 8.93. The molecule has 2 unspecified atom stereocenters. The number of aliphatic hydroxyl groups excluding tert-OH is 1. The van der Waals surface area contributed by atoms with Crippen LogP contribution in [-0.2, 0) is 6.42 Å². The van der Waals surface area contributed by atoms with Crippen molar-refractivity contribution >= 4 is 11.8 Å². The molecule has 0 bridgehead atoms. The van der Waals surface area contributed by atoms with Crippen LogP contribution in [0.15, 0.2) is 30.3 Å². The Bertz CT molecular complexity index is 286. The Hall–Kier alpha value is -0.470. The van der Waals surface area contributed by atoms with Gasteiger partial charge >= 0.3 is 0 Å². The lowest BCUT2D eigenvalue weighted by atomic mass is 9.97. The molecule has 1 aromatic carbocycles. The van der Waals surface area contributed by atoms with Crippen molar-refractivity contribution in [2.75, 3.05) is 11.5 Å². The lowest BCUT2D eigenvalue weighted by Gasteiger charge is -2.12. The predicted octanol–water partition coefficient (Wildman–Crippen LogP) is 2.73. The first-order valence-electron chi connectivity index (χ1n) is 5.66. The highest BCUT2D eigenvalue weighted by atomic mass is 32.2. The first-order valence-corrected chi connectivity index (χ1v) is 6.81. The number of rotatable bonds is 4. The normalized spacial score (nSPS) is 25.7. The molecule has 0 aliphatic carbocycles. The maximum atomic E-state index is 9.67. The molecular weight excluding hydrogens is 204 g/mol. The van der Waals surface area contributed by atoms with E-state index in [0.717, 1.165) is 17.9 Å². The van der Waals surface area contributed by atoms with Gasteiger partial charge in [0.2, 0.25) is 0 Å². The second kappa shape index (κ2) is 5.57. The van der Waals surface area contributed by atoms with Crippen LogP contribution in [0.2, 0.25) is 0 Å². The van der Waals surface area contributed by atoms with Crippen molar-refractivity contribution in [1.29, 1.82) is 0 Å². The highest BCUT2D eigenvalue weighted by Crippen LogP contribution is 2.28. The molecule has 1 heterocycles. The summed E-state index contributed by atoms with van der Waals surface area (Å²) in [6, 6.07) is 10.6. The first kappa shape index (κ1) is 11.0. The predicted molar refractivity (Wildman–Crippen MR) is 66.2 cm³/mol. The van der Waals surface area contributed by atoms with Crippen LogP contribution in [0.25, 0.3) is 0 Å². The minimum Gasteiger partial charge on any atom is -0.392 e. The molecule has 0 radical (unpaired) electrons. The summed E-state index contributed by atoms with van der Waals surface area (Å²) in [7, 11) is 0. The Morgan fingerprint density at radius 1 is 1.20 bits per heavy atom. The summed E-state index contributed by atoms with van der Waals surface area (Å²) in [5.74, 6) is 2.63. The van der Waals surface area contributed by atoms with Gasteiger partial charge in [0.1, 0.15) is 0 Å².